The fraction of sp³-hybridized carbons (Fsp3) is 0.333. The lowest BCUT2D eigenvalue weighted by Gasteiger charge is -2.02. The maximum Gasteiger partial charge on any atom is 0.449 e. The van der Waals surface area contributed by atoms with E-state index in [1.807, 2.05) is 0 Å². The second kappa shape index (κ2) is 3.88. The van der Waals surface area contributed by atoms with Gasteiger partial charge in [-0.25, -0.2) is 0 Å². The Morgan fingerprint density at radius 3 is 2.50 bits per heavy atom. The molecule has 0 aliphatic carbocycles. The molecule has 0 atom stereocenters. The van der Waals surface area contributed by atoms with E-state index in [1.54, 1.807) is 0 Å². The number of rotatable bonds is 3. The van der Waals surface area contributed by atoms with E-state index in [0.29, 0.717) is 18.5 Å². The smallest absolute Gasteiger partial charge is 0.449 e. The fourth-order valence-electron chi connectivity index (χ4n) is 0.978. The molecule has 1 aromatic heterocycles. The average Bonchev–Trinajstić information content (AvgIpc) is 2.51. The van der Waals surface area contributed by atoms with Crippen LogP contribution in [0.1, 0.15) is 17.9 Å². The van der Waals surface area contributed by atoms with Gasteiger partial charge in [0.25, 0.3) is 0 Å². The van der Waals surface area contributed by atoms with E-state index < -0.39 is 11.9 Å². The van der Waals surface area contributed by atoms with E-state index in [2.05, 4.69) is 11.0 Å². The standard InChI is InChI=1S/C9H10F3NO/c1-6(4-5-13)7-2-3-8(14-7)9(10,11)12/h2-3H,1,4-5,13H2. The van der Waals surface area contributed by atoms with Crippen LogP contribution in [0.5, 0.6) is 0 Å². The highest BCUT2D eigenvalue weighted by molar-refractivity contribution is 5.58. The molecule has 1 rings (SSSR count). The molecule has 0 aromatic carbocycles. The van der Waals surface area contributed by atoms with Gasteiger partial charge in [-0.05, 0) is 30.7 Å². The van der Waals surface area contributed by atoms with E-state index in [4.69, 9.17) is 5.73 Å². The summed E-state index contributed by atoms with van der Waals surface area (Å²) in [5.41, 5.74) is 5.71. The molecule has 1 heterocycles. The Kier molecular flexibility index (Phi) is 3.00. The Bertz CT molecular complexity index is 327. The van der Waals surface area contributed by atoms with E-state index >= 15 is 0 Å². The molecule has 0 amide bonds. The van der Waals surface area contributed by atoms with E-state index in [0.717, 1.165) is 6.07 Å². The van der Waals surface area contributed by atoms with Crippen LogP contribution in [0.4, 0.5) is 13.2 Å². The first-order valence-electron chi connectivity index (χ1n) is 4.00. The summed E-state index contributed by atoms with van der Waals surface area (Å²) in [4.78, 5) is 0. The Morgan fingerprint density at radius 1 is 1.43 bits per heavy atom. The lowest BCUT2D eigenvalue weighted by atomic mass is 10.2. The summed E-state index contributed by atoms with van der Waals surface area (Å²) in [5, 5.41) is 0. The lowest BCUT2D eigenvalue weighted by Crippen LogP contribution is -2.02. The van der Waals surface area contributed by atoms with Gasteiger partial charge >= 0.3 is 6.18 Å². The fourth-order valence-corrected chi connectivity index (χ4v) is 0.978. The molecule has 0 aliphatic heterocycles. The highest BCUT2D eigenvalue weighted by Gasteiger charge is 2.34. The van der Waals surface area contributed by atoms with E-state index in [9.17, 15) is 13.2 Å². The Hall–Kier alpha value is -1.23. The molecule has 5 heteroatoms. The maximum atomic E-state index is 12.1. The van der Waals surface area contributed by atoms with Gasteiger partial charge in [0.05, 0.1) is 0 Å². The third-order valence-corrected chi connectivity index (χ3v) is 1.68. The van der Waals surface area contributed by atoms with Crippen LogP contribution in [-0.2, 0) is 6.18 Å². The van der Waals surface area contributed by atoms with Gasteiger partial charge < -0.3 is 10.2 Å². The number of halogens is 3. The first-order chi connectivity index (χ1) is 6.45. The van der Waals surface area contributed by atoms with Gasteiger partial charge in [-0.15, -0.1) is 0 Å². The van der Waals surface area contributed by atoms with Crippen molar-refractivity contribution >= 4 is 5.57 Å². The van der Waals surface area contributed by atoms with Gasteiger partial charge in [0.15, 0.2) is 0 Å². The SMILES string of the molecule is C=C(CCN)c1ccc(C(F)(F)F)o1. The summed E-state index contributed by atoms with van der Waals surface area (Å²) >= 11 is 0. The molecule has 1 aromatic rings. The molecule has 0 spiro atoms. The van der Waals surface area contributed by atoms with Crippen molar-refractivity contribution in [1.29, 1.82) is 0 Å². The van der Waals surface area contributed by atoms with Crippen LogP contribution in [0.3, 0.4) is 0 Å². The minimum atomic E-state index is -4.44. The molecule has 0 fully saturated rings. The first kappa shape index (κ1) is 10.8. The van der Waals surface area contributed by atoms with Crippen LogP contribution < -0.4 is 5.73 Å². The van der Waals surface area contributed by atoms with E-state index in [-0.39, 0.29) is 5.76 Å². The average molecular weight is 205 g/mol. The van der Waals surface area contributed by atoms with Crippen LogP contribution in [-0.4, -0.2) is 6.54 Å². The normalized spacial score (nSPS) is 11.7. The molecule has 78 valence electrons. The summed E-state index contributed by atoms with van der Waals surface area (Å²) in [6, 6.07) is 2.14. The highest BCUT2D eigenvalue weighted by Crippen LogP contribution is 2.32. The monoisotopic (exact) mass is 205 g/mol. The van der Waals surface area contributed by atoms with Crippen LogP contribution in [0.2, 0.25) is 0 Å². The molecule has 0 aliphatic rings. The number of furan rings is 1. The maximum absolute atomic E-state index is 12.1. The van der Waals surface area contributed by atoms with Gasteiger partial charge in [0, 0.05) is 0 Å². The van der Waals surface area contributed by atoms with Gasteiger partial charge in [-0.3, -0.25) is 0 Å². The molecule has 0 saturated heterocycles. The minimum absolute atomic E-state index is 0.141. The van der Waals surface area contributed by atoms with Gasteiger partial charge in [0.2, 0.25) is 5.76 Å². The molecule has 0 radical (unpaired) electrons. The van der Waals surface area contributed by atoms with Crippen LogP contribution in [0.15, 0.2) is 23.1 Å². The van der Waals surface area contributed by atoms with Crippen molar-refractivity contribution in [1.82, 2.24) is 0 Å². The first-order valence-corrected chi connectivity index (χ1v) is 4.00. The van der Waals surface area contributed by atoms with Crippen molar-refractivity contribution < 1.29 is 17.6 Å². The topological polar surface area (TPSA) is 39.2 Å². The third-order valence-electron chi connectivity index (χ3n) is 1.68. The Labute approximate surface area is 79.2 Å². The summed E-state index contributed by atoms with van der Waals surface area (Å²) in [6.07, 6.45) is -4.02. The number of nitrogens with two attached hydrogens (primary N) is 1. The minimum Gasteiger partial charge on any atom is -0.452 e. The van der Waals surface area contributed by atoms with Gasteiger partial charge in [-0.1, -0.05) is 6.58 Å². The number of hydrogen-bond acceptors (Lipinski definition) is 2. The van der Waals surface area contributed by atoms with Crippen LogP contribution in [0.25, 0.3) is 5.57 Å². The van der Waals surface area contributed by atoms with Crippen molar-refractivity contribution in [3.8, 4) is 0 Å². The molecule has 2 N–H and O–H groups in total. The van der Waals surface area contributed by atoms with Gasteiger partial charge in [-0.2, -0.15) is 13.2 Å². The molecular weight excluding hydrogens is 195 g/mol. The predicted molar refractivity (Wildman–Crippen MR) is 46.4 cm³/mol. The Morgan fingerprint density at radius 2 is 2.07 bits per heavy atom. The van der Waals surface area contributed by atoms with Crippen molar-refractivity contribution in [3.63, 3.8) is 0 Å². The molecular formula is C9H10F3NO. The molecule has 0 saturated carbocycles. The molecule has 2 nitrogen and oxygen atoms in total. The largest absolute Gasteiger partial charge is 0.452 e. The Balaban J connectivity index is 2.83. The summed E-state index contributed by atoms with van der Waals surface area (Å²) in [5.74, 6) is -0.867. The van der Waals surface area contributed by atoms with E-state index in [1.165, 1.54) is 6.07 Å². The molecule has 14 heavy (non-hydrogen) atoms. The van der Waals surface area contributed by atoms with Crippen LogP contribution >= 0.6 is 0 Å². The summed E-state index contributed by atoms with van der Waals surface area (Å²) < 4.78 is 40.9. The summed E-state index contributed by atoms with van der Waals surface area (Å²) in [6.45, 7) is 3.90. The second-order valence-corrected chi connectivity index (χ2v) is 2.80. The van der Waals surface area contributed by atoms with Crippen molar-refractivity contribution in [2.24, 2.45) is 5.73 Å². The zero-order chi connectivity index (χ0) is 10.8. The predicted octanol–water partition coefficient (Wildman–Crippen LogP) is 2.66. The molecule has 0 unspecified atom stereocenters. The zero-order valence-electron chi connectivity index (χ0n) is 7.40. The zero-order valence-corrected chi connectivity index (χ0v) is 7.40. The third kappa shape index (κ3) is 2.38. The highest BCUT2D eigenvalue weighted by atomic mass is 19.4. The van der Waals surface area contributed by atoms with Crippen LogP contribution in [0, 0.1) is 0 Å². The van der Waals surface area contributed by atoms with Crippen molar-refractivity contribution in [2.75, 3.05) is 6.54 Å². The van der Waals surface area contributed by atoms with Crippen molar-refractivity contribution in [3.05, 3.63) is 30.2 Å². The quantitative estimate of drug-likeness (QED) is 0.823. The number of alkyl halides is 3. The lowest BCUT2D eigenvalue weighted by molar-refractivity contribution is -0.153. The second-order valence-electron chi connectivity index (χ2n) is 2.80. The number of hydrogen-bond donors (Lipinski definition) is 1. The van der Waals surface area contributed by atoms with Gasteiger partial charge in [0.1, 0.15) is 5.76 Å². The summed E-state index contributed by atoms with van der Waals surface area (Å²) in [7, 11) is 0. The molecule has 0 bridgehead atoms. The van der Waals surface area contributed by atoms with Crippen molar-refractivity contribution in [2.45, 2.75) is 12.6 Å².